The van der Waals surface area contributed by atoms with Crippen molar-refractivity contribution in [3.8, 4) is 0 Å². The largest absolute Gasteiger partial charge is 1.00 e. The monoisotopic (exact) mass is 198 g/mol. The van der Waals surface area contributed by atoms with Gasteiger partial charge in [-0.1, -0.05) is 0 Å². The zero-order valence-corrected chi connectivity index (χ0v) is 9.90. The molecule has 0 aliphatic carbocycles. The summed E-state index contributed by atoms with van der Waals surface area (Å²) in [6.45, 7) is 0. The van der Waals surface area contributed by atoms with Crippen LogP contribution < -0.4 is 58.2 Å². The summed E-state index contributed by atoms with van der Waals surface area (Å²) in [7, 11) is 0. The third-order valence-electron chi connectivity index (χ3n) is 0.759. The zero-order chi connectivity index (χ0) is 5.98. The summed E-state index contributed by atoms with van der Waals surface area (Å²) in [4.78, 5) is 0. The third-order valence-corrected chi connectivity index (χ3v) is 0.759. The minimum atomic E-state index is -0.924. The van der Waals surface area contributed by atoms with E-state index in [2.05, 4.69) is 6.07 Å². The first-order chi connectivity index (χ1) is 3.80. The van der Waals surface area contributed by atoms with Crippen LogP contribution >= 0.6 is 0 Å². The standard InChI is InChI=1S/C6H3F2.Rb/c7-5-3-1-2-4-6(5)8;/h1-3H;/q-1;+1. The molecule has 0 unspecified atom stereocenters. The molecule has 0 saturated heterocycles. The minimum Gasteiger partial charge on any atom is -0.281 e. The van der Waals surface area contributed by atoms with Crippen LogP contribution in [0.5, 0.6) is 0 Å². The van der Waals surface area contributed by atoms with Crippen molar-refractivity contribution in [2.75, 3.05) is 0 Å². The summed E-state index contributed by atoms with van der Waals surface area (Å²) in [5.41, 5.74) is 0. The Morgan fingerprint density at radius 3 is 2.33 bits per heavy atom. The Balaban J connectivity index is 0.000000640. The van der Waals surface area contributed by atoms with Crippen molar-refractivity contribution in [3.63, 3.8) is 0 Å². The molecule has 1 rings (SSSR count). The van der Waals surface area contributed by atoms with Crippen molar-refractivity contribution in [1.82, 2.24) is 0 Å². The van der Waals surface area contributed by atoms with Gasteiger partial charge in [0.25, 0.3) is 0 Å². The summed E-state index contributed by atoms with van der Waals surface area (Å²) < 4.78 is 23.8. The second-order valence-corrected chi connectivity index (χ2v) is 1.33. The van der Waals surface area contributed by atoms with Crippen LogP contribution in [0.2, 0.25) is 0 Å². The van der Waals surface area contributed by atoms with E-state index in [1.165, 1.54) is 12.1 Å². The average Bonchev–Trinajstić information content (AvgIpc) is 1.77. The Morgan fingerprint density at radius 2 is 2.00 bits per heavy atom. The van der Waals surface area contributed by atoms with E-state index in [9.17, 15) is 8.78 Å². The Morgan fingerprint density at radius 1 is 1.33 bits per heavy atom. The average molecular weight is 199 g/mol. The van der Waals surface area contributed by atoms with Crippen molar-refractivity contribution in [2.45, 2.75) is 0 Å². The topological polar surface area (TPSA) is 0 Å². The van der Waals surface area contributed by atoms with E-state index in [1.54, 1.807) is 0 Å². The summed E-state index contributed by atoms with van der Waals surface area (Å²) >= 11 is 0. The molecular weight excluding hydrogens is 196 g/mol. The number of benzene rings is 1. The molecule has 0 aromatic heterocycles. The molecular formula is C6H3F2Rb. The Hall–Kier alpha value is 0.885. The molecule has 0 heterocycles. The maximum atomic E-state index is 11.9. The van der Waals surface area contributed by atoms with E-state index in [-0.39, 0.29) is 58.2 Å². The maximum absolute atomic E-state index is 11.9. The van der Waals surface area contributed by atoms with Gasteiger partial charge in [0.1, 0.15) is 0 Å². The second-order valence-electron chi connectivity index (χ2n) is 1.33. The normalized spacial score (nSPS) is 8.22. The number of hydrogen-bond acceptors (Lipinski definition) is 0. The molecule has 9 heavy (non-hydrogen) atoms. The Labute approximate surface area is 101 Å². The van der Waals surface area contributed by atoms with Gasteiger partial charge >= 0.3 is 58.2 Å². The quantitative estimate of drug-likeness (QED) is 0.458. The van der Waals surface area contributed by atoms with Gasteiger partial charge in [0.15, 0.2) is 0 Å². The molecule has 0 amide bonds. The van der Waals surface area contributed by atoms with Crippen LogP contribution in [-0.2, 0) is 0 Å². The molecule has 1 aromatic carbocycles. The van der Waals surface area contributed by atoms with Gasteiger partial charge in [-0.2, -0.15) is 12.1 Å². The first-order valence-electron chi connectivity index (χ1n) is 2.12. The van der Waals surface area contributed by atoms with Crippen LogP contribution in [0.3, 0.4) is 0 Å². The van der Waals surface area contributed by atoms with Gasteiger partial charge in [0, 0.05) is 11.6 Å². The maximum Gasteiger partial charge on any atom is 1.00 e. The molecule has 0 N–H and O–H groups in total. The summed E-state index contributed by atoms with van der Waals surface area (Å²) in [5.74, 6) is -1.78. The van der Waals surface area contributed by atoms with Gasteiger partial charge < -0.3 is 0 Å². The summed E-state index contributed by atoms with van der Waals surface area (Å²) in [6, 6.07) is 5.81. The van der Waals surface area contributed by atoms with Crippen LogP contribution in [0.15, 0.2) is 18.2 Å². The van der Waals surface area contributed by atoms with Crippen LogP contribution in [0.25, 0.3) is 0 Å². The van der Waals surface area contributed by atoms with E-state index >= 15 is 0 Å². The molecule has 3 heteroatoms. The molecule has 0 radical (unpaired) electrons. The van der Waals surface area contributed by atoms with Crippen molar-refractivity contribution in [2.24, 2.45) is 0 Å². The molecule has 42 valence electrons. The predicted octanol–water partition coefficient (Wildman–Crippen LogP) is -1.23. The summed E-state index contributed by atoms with van der Waals surface area (Å²) in [5, 5.41) is 0. The SMILES string of the molecule is Fc1[c-]cccc1F.[Rb+]. The van der Waals surface area contributed by atoms with E-state index in [1.807, 2.05) is 0 Å². The molecule has 0 atom stereocenters. The van der Waals surface area contributed by atoms with E-state index < -0.39 is 11.6 Å². The van der Waals surface area contributed by atoms with E-state index in [4.69, 9.17) is 0 Å². The van der Waals surface area contributed by atoms with Crippen LogP contribution in [-0.4, -0.2) is 0 Å². The van der Waals surface area contributed by atoms with E-state index in [0.29, 0.717) is 0 Å². The van der Waals surface area contributed by atoms with Gasteiger partial charge in [0.2, 0.25) is 0 Å². The van der Waals surface area contributed by atoms with Gasteiger partial charge in [-0.25, -0.2) is 4.39 Å². The number of hydrogen-bond donors (Lipinski definition) is 0. The van der Waals surface area contributed by atoms with E-state index in [0.717, 1.165) is 6.07 Å². The number of rotatable bonds is 0. The van der Waals surface area contributed by atoms with Crippen molar-refractivity contribution in [1.29, 1.82) is 0 Å². The fourth-order valence-electron chi connectivity index (χ4n) is 0.396. The van der Waals surface area contributed by atoms with Crippen molar-refractivity contribution in [3.05, 3.63) is 35.9 Å². The molecule has 0 fully saturated rings. The van der Waals surface area contributed by atoms with Crippen LogP contribution in [0.4, 0.5) is 8.78 Å². The van der Waals surface area contributed by atoms with Gasteiger partial charge in [0.05, 0.1) is 0 Å². The molecule has 0 spiro atoms. The fraction of sp³-hybridized carbons (Fsp3) is 0. The number of halogens is 2. The Bertz CT molecular complexity index is 167. The van der Waals surface area contributed by atoms with Crippen LogP contribution in [0, 0.1) is 17.7 Å². The first kappa shape index (κ1) is 9.89. The van der Waals surface area contributed by atoms with Crippen molar-refractivity contribution < 1.29 is 67.0 Å². The Kier molecular flexibility index (Phi) is 5.12. The smallest absolute Gasteiger partial charge is 0.281 e. The van der Waals surface area contributed by atoms with Gasteiger partial charge in [-0.05, 0) is 0 Å². The zero-order valence-electron chi connectivity index (χ0n) is 4.99. The molecule has 0 aliphatic heterocycles. The van der Waals surface area contributed by atoms with Crippen molar-refractivity contribution >= 4 is 0 Å². The third kappa shape index (κ3) is 2.98. The molecule has 0 nitrogen and oxygen atoms in total. The fourth-order valence-corrected chi connectivity index (χ4v) is 0.396. The van der Waals surface area contributed by atoms with Crippen LogP contribution in [0.1, 0.15) is 0 Å². The minimum absolute atomic E-state index is 0. The first-order valence-corrected chi connectivity index (χ1v) is 2.12. The molecule has 0 saturated carbocycles. The molecule has 0 aliphatic rings. The summed E-state index contributed by atoms with van der Waals surface area (Å²) in [6.07, 6.45) is 0. The van der Waals surface area contributed by atoms with Gasteiger partial charge in [-0.15, -0.1) is 12.1 Å². The molecule has 1 aromatic rings. The predicted molar refractivity (Wildman–Crippen MR) is 25.2 cm³/mol. The second kappa shape index (κ2) is 4.66. The van der Waals surface area contributed by atoms with Gasteiger partial charge in [-0.3, -0.25) is 4.39 Å². The molecule has 0 bridgehead atoms.